The molecule has 0 aliphatic heterocycles. The van der Waals surface area contributed by atoms with Crippen LogP contribution >= 0.6 is 0 Å². The van der Waals surface area contributed by atoms with Crippen molar-refractivity contribution in [2.45, 2.75) is 52.2 Å². The molecule has 14 heavy (non-hydrogen) atoms. The van der Waals surface area contributed by atoms with Gasteiger partial charge >= 0.3 is 5.97 Å². The summed E-state index contributed by atoms with van der Waals surface area (Å²) < 4.78 is 5.05. The minimum absolute atomic E-state index is 0.360. The van der Waals surface area contributed by atoms with Crippen molar-refractivity contribution in [1.82, 2.24) is 0 Å². The molecule has 0 heterocycles. The number of hydrogen-bond donors (Lipinski definition) is 1. The molecule has 1 atom stereocenters. The van der Waals surface area contributed by atoms with Crippen molar-refractivity contribution in [2.24, 2.45) is 0 Å². The van der Waals surface area contributed by atoms with Gasteiger partial charge in [-0.15, -0.1) is 0 Å². The normalized spacial score (nSPS) is 14.4. The Bertz CT molecular complexity index is 201. The molecule has 0 fully saturated rings. The molecule has 0 aliphatic rings. The van der Waals surface area contributed by atoms with E-state index < -0.39 is 5.60 Å². The summed E-state index contributed by atoms with van der Waals surface area (Å²) >= 11 is 0. The predicted octanol–water partition coefficient (Wildman–Crippen LogP) is 2.05. The zero-order valence-corrected chi connectivity index (χ0v) is 9.41. The highest BCUT2D eigenvalue weighted by Crippen LogP contribution is 2.07. The number of aliphatic hydroxyl groups is 1. The molecule has 1 N–H and O–H groups in total. The lowest BCUT2D eigenvalue weighted by Gasteiger charge is -2.17. The van der Waals surface area contributed by atoms with E-state index in [1.54, 1.807) is 6.08 Å². The fourth-order valence-corrected chi connectivity index (χ4v) is 0.824. The smallest absolute Gasteiger partial charge is 0.330 e. The Morgan fingerprint density at radius 2 is 2.07 bits per heavy atom. The Kier molecular flexibility index (Phi) is 5.46. The third kappa shape index (κ3) is 7.80. The quantitative estimate of drug-likeness (QED) is 0.558. The second-order valence-electron chi connectivity index (χ2n) is 4.23. The van der Waals surface area contributed by atoms with E-state index in [2.05, 4.69) is 0 Å². The molecule has 0 spiro atoms. The maximum absolute atomic E-state index is 11.1. The van der Waals surface area contributed by atoms with Crippen molar-refractivity contribution < 1.29 is 14.6 Å². The van der Waals surface area contributed by atoms with Gasteiger partial charge in [-0.05, 0) is 33.6 Å². The van der Waals surface area contributed by atoms with Gasteiger partial charge in [-0.3, -0.25) is 0 Å². The summed E-state index contributed by atoms with van der Waals surface area (Å²) in [4.78, 5) is 11.1. The van der Waals surface area contributed by atoms with Crippen LogP contribution in [0.25, 0.3) is 0 Å². The lowest BCUT2D eigenvalue weighted by molar-refractivity contribution is -0.148. The number of carbonyl (C=O) groups excluding carboxylic acids is 1. The zero-order chi connectivity index (χ0) is 11.2. The molecule has 0 amide bonds. The summed E-state index contributed by atoms with van der Waals surface area (Å²) in [5.74, 6) is -0.360. The van der Waals surface area contributed by atoms with E-state index in [9.17, 15) is 9.90 Å². The van der Waals surface area contributed by atoms with Gasteiger partial charge in [0.2, 0.25) is 0 Å². The first-order valence-electron chi connectivity index (χ1n) is 4.92. The largest absolute Gasteiger partial charge is 0.457 e. The lowest BCUT2D eigenvalue weighted by Crippen LogP contribution is -2.22. The van der Waals surface area contributed by atoms with Crippen LogP contribution in [0.3, 0.4) is 0 Å². The molecule has 0 saturated carbocycles. The molecule has 0 aliphatic carbocycles. The monoisotopic (exact) mass is 200 g/mol. The first-order chi connectivity index (χ1) is 6.35. The summed E-state index contributed by atoms with van der Waals surface area (Å²) in [5.41, 5.74) is -0.454. The highest BCUT2D eigenvalue weighted by molar-refractivity contribution is 5.82. The van der Waals surface area contributed by atoms with Gasteiger partial charge in [0, 0.05) is 6.08 Å². The first-order valence-corrected chi connectivity index (χ1v) is 4.92. The van der Waals surface area contributed by atoms with Crippen LogP contribution in [0.2, 0.25) is 0 Å². The highest BCUT2D eigenvalue weighted by atomic mass is 16.6. The zero-order valence-electron chi connectivity index (χ0n) is 9.41. The number of rotatable bonds is 4. The summed E-state index contributed by atoms with van der Waals surface area (Å²) in [5, 5.41) is 9.20. The molecule has 3 nitrogen and oxygen atoms in total. The van der Waals surface area contributed by atoms with Crippen LogP contribution in [0.5, 0.6) is 0 Å². The Balaban J connectivity index is 3.83. The van der Waals surface area contributed by atoms with Gasteiger partial charge in [0.25, 0.3) is 0 Å². The van der Waals surface area contributed by atoms with E-state index in [-0.39, 0.29) is 12.1 Å². The first kappa shape index (κ1) is 13.2. The van der Waals surface area contributed by atoms with Gasteiger partial charge in [-0.25, -0.2) is 4.79 Å². The van der Waals surface area contributed by atoms with Crippen LogP contribution in [0.15, 0.2) is 12.2 Å². The van der Waals surface area contributed by atoms with Crippen molar-refractivity contribution in [3.63, 3.8) is 0 Å². The topological polar surface area (TPSA) is 46.5 Å². The van der Waals surface area contributed by atoms with Gasteiger partial charge in [0.1, 0.15) is 5.60 Å². The average molecular weight is 200 g/mol. The maximum Gasteiger partial charge on any atom is 0.330 e. The standard InChI is InChI=1S/C11H20O3/c1-5-9(12)7-6-8-10(13)14-11(2,3)4/h6,8-9,12H,5,7H2,1-4H3/b8-6+/t9-/m0/s1. The predicted molar refractivity (Wildman–Crippen MR) is 55.9 cm³/mol. The molecular weight excluding hydrogens is 180 g/mol. The van der Waals surface area contributed by atoms with Crippen LogP contribution < -0.4 is 0 Å². The Labute approximate surface area is 85.8 Å². The second kappa shape index (κ2) is 5.81. The van der Waals surface area contributed by atoms with Crippen LogP contribution in [-0.4, -0.2) is 22.8 Å². The summed E-state index contributed by atoms with van der Waals surface area (Å²) in [6.45, 7) is 7.35. The van der Waals surface area contributed by atoms with Gasteiger partial charge < -0.3 is 9.84 Å². The SMILES string of the molecule is CC[C@H](O)C/C=C/C(=O)OC(C)(C)C. The minimum Gasteiger partial charge on any atom is -0.457 e. The molecule has 0 radical (unpaired) electrons. The lowest BCUT2D eigenvalue weighted by atomic mass is 10.2. The molecule has 3 heteroatoms. The third-order valence-electron chi connectivity index (χ3n) is 1.54. The number of aliphatic hydroxyl groups excluding tert-OH is 1. The average Bonchev–Trinajstić information content (AvgIpc) is 2.00. The van der Waals surface area contributed by atoms with E-state index in [1.807, 2.05) is 27.7 Å². The van der Waals surface area contributed by atoms with E-state index in [1.165, 1.54) is 6.08 Å². The fourth-order valence-electron chi connectivity index (χ4n) is 0.824. The minimum atomic E-state index is -0.454. The molecular formula is C11H20O3. The number of esters is 1. The van der Waals surface area contributed by atoms with Crippen molar-refractivity contribution in [3.8, 4) is 0 Å². The molecule has 0 saturated heterocycles. The maximum atomic E-state index is 11.1. The molecule has 0 aromatic rings. The van der Waals surface area contributed by atoms with E-state index in [4.69, 9.17) is 4.74 Å². The summed E-state index contributed by atoms with van der Waals surface area (Å²) in [6.07, 6.45) is 3.83. The molecule has 0 unspecified atom stereocenters. The van der Waals surface area contributed by atoms with E-state index in [0.29, 0.717) is 12.8 Å². The van der Waals surface area contributed by atoms with Crippen LogP contribution in [0, 0.1) is 0 Å². The second-order valence-corrected chi connectivity index (χ2v) is 4.23. The molecule has 0 rings (SSSR count). The molecule has 0 bridgehead atoms. The highest BCUT2D eigenvalue weighted by Gasteiger charge is 2.13. The van der Waals surface area contributed by atoms with Crippen molar-refractivity contribution in [1.29, 1.82) is 0 Å². The number of carbonyl (C=O) groups is 1. The van der Waals surface area contributed by atoms with Gasteiger partial charge in [-0.1, -0.05) is 13.0 Å². The van der Waals surface area contributed by atoms with Crippen molar-refractivity contribution in [2.75, 3.05) is 0 Å². The van der Waals surface area contributed by atoms with Crippen molar-refractivity contribution in [3.05, 3.63) is 12.2 Å². The fraction of sp³-hybridized carbons (Fsp3) is 0.727. The third-order valence-corrected chi connectivity index (χ3v) is 1.54. The Morgan fingerprint density at radius 3 is 2.50 bits per heavy atom. The van der Waals surface area contributed by atoms with Crippen LogP contribution in [0.4, 0.5) is 0 Å². The van der Waals surface area contributed by atoms with E-state index >= 15 is 0 Å². The van der Waals surface area contributed by atoms with Gasteiger partial charge in [-0.2, -0.15) is 0 Å². The summed E-state index contributed by atoms with van der Waals surface area (Å²) in [7, 11) is 0. The number of hydrogen-bond acceptors (Lipinski definition) is 3. The molecule has 0 aromatic carbocycles. The van der Waals surface area contributed by atoms with Crippen LogP contribution in [0.1, 0.15) is 40.5 Å². The Hall–Kier alpha value is -0.830. The van der Waals surface area contributed by atoms with Crippen molar-refractivity contribution >= 4 is 5.97 Å². The number of ether oxygens (including phenoxy) is 1. The van der Waals surface area contributed by atoms with Gasteiger partial charge in [0.05, 0.1) is 6.10 Å². The van der Waals surface area contributed by atoms with Crippen LogP contribution in [-0.2, 0) is 9.53 Å². The summed E-state index contributed by atoms with van der Waals surface area (Å²) in [6, 6.07) is 0. The van der Waals surface area contributed by atoms with Gasteiger partial charge in [0.15, 0.2) is 0 Å². The Morgan fingerprint density at radius 1 is 1.50 bits per heavy atom. The van der Waals surface area contributed by atoms with E-state index in [0.717, 1.165) is 0 Å². The molecule has 0 aromatic heterocycles. The molecule has 82 valence electrons.